The van der Waals surface area contributed by atoms with Gasteiger partial charge >= 0.3 is 0 Å². The van der Waals surface area contributed by atoms with Gasteiger partial charge in [-0.25, -0.2) is 0 Å². The third-order valence-corrected chi connectivity index (χ3v) is 5.49. The van der Waals surface area contributed by atoms with E-state index in [1.54, 1.807) is 28.0 Å². The van der Waals surface area contributed by atoms with Crippen LogP contribution >= 0.6 is 46.5 Å². The molecule has 114 valence electrons. The smallest absolute Gasteiger partial charge is 0.230 e. The van der Waals surface area contributed by atoms with Gasteiger partial charge in [-0.15, -0.1) is 10.2 Å². The standard InChI is InChI=1S/C11H15ClN6S3/c1-4-5-6-19-10-16-17-11(21-10)20-9-14-7(12)13-8(15-9)18(2)3/h4-6H2,1-3H3. The molecule has 2 aromatic heterocycles. The summed E-state index contributed by atoms with van der Waals surface area (Å²) >= 11 is 10.5. The lowest BCUT2D eigenvalue weighted by molar-refractivity contribution is 0.862. The SMILES string of the molecule is CCCCSc1nnc(Sc2nc(Cl)nc(N(C)C)n2)s1. The molecule has 0 fully saturated rings. The average Bonchev–Trinajstić information content (AvgIpc) is 2.86. The van der Waals surface area contributed by atoms with Crippen molar-refractivity contribution < 1.29 is 0 Å². The summed E-state index contributed by atoms with van der Waals surface area (Å²) in [5.74, 6) is 1.59. The molecule has 21 heavy (non-hydrogen) atoms. The minimum atomic E-state index is 0.179. The number of anilines is 1. The Hall–Kier alpha value is -0.640. The topological polar surface area (TPSA) is 67.7 Å². The maximum atomic E-state index is 5.91. The molecule has 0 unspecified atom stereocenters. The van der Waals surface area contributed by atoms with E-state index in [1.807, 2.05) is 14.1 Å². The second-order valence-electron chi connectivity index (χ2n) is 4.22. The molecule has 0 aromatic carbocycles. The van der Waals surface area contributed by atoms with Crippen LogP contribution in [0.25, 0.3) is 0 Å². The van der Waals surface area contributed by atoms with E-state index in [0.717, 1.165) is 14.4 Å². The van der Waals surface area contributed by atoms with E-state index >= 15 is 0 Å². The quantitative estimate of drug-likeness (QED) is 0.547. The fourth-order valence-electron chi connectivity index (χ4n) is 1.25. The predicted octanol–water partition coefficient (Wildman–Crippen LogP) is 3.49. The Morgan fingerprint density at radius 1 is 1.14 bits per heavy atom. The van der Waals surface area contributed by atoms with Crippen molar-refractivity contribution in [1.29, 1.82) is 0 Å². The molecule has 0 bridgehead atoms. The zero-order chi connectivity index (χ0) is 15.2. The second kappa shape index (κ2) is 8.11. The predicted molar refractivity (Wildman–Crippen MR) is 88.8 cm³/mol. The van der Waals surface area contributed by atoms with Crippen molar-refractivity contribution in [2.24, 2.45) is 0 Å². The van der Waals surface area contributed by atoms with Gasteiger partial charge in [-0.2, -0.15) is 15.0 Å². The minimum absolute atomic E-state index is 0.179. The fourth-order valence-corrected chi connectivity index (χ4v) is 4.48. The van der Waals surface area contributed by atoms with Crippen molar-refractivity contribution in [1.82, 2.24) is 25.1 Å². The lowest BCUT2D eigenvalue weighted by atomic mass is 10.4. The number of nitrogens with zero attached hydrogens (tertiary/aromatic N) is 6. The van der Waals surface area contributed by atoms with Gasteiger partial charge in [-0.05, 0) is 29.8 Å². The molecule has 10 heteroatoms. The van der Waals surface area contributed by atoms with Crippen LogP contribution in [0.1, 0.15) is 19.8 Å². The molecule has 0 saturated heterocycles. The van der Waals surface area contributed by atoms with Crippen LogP contribution in [0.5, 0.6) is 0 Å². The third kappa shape index (κ3) is 5.24. The first-order chi connectivity index (χ1) is 10.1. The van der Waals surface area contributed by atoms with Gasteiger partial charge in [0.2, 0.25) is 16.4 Å². The Bertz CT molecular complexity index is 591. The number of thioether (sulfide) groups is 1. The summed E-state index contributed by atoms with van der Waals surface area (Å²) in [6.45, 7) is 2.18. The lowest BCUT2D eigenvalue weighted by Gasteiger charge is -2.09. The molecule has 2 aromatic rings. The molecular weight excluding hydrogens is 348 g/mol. The molecular formula is C11H15ClN6S3. The maximum Gasteiger partial charge on any atom is 0.230 e. The molecule has 0 spiro atoms. The summed E-state index contributed by atoms with van der Waals surface area (Å²) in [5, 5.41) is 9.01. The van der Waals surface area contributed by atoms with Gasteiger partial charge in [-0.3, -0.25) is 0 Å². The summed E-state index contributed by atoms with van der Waals surface area (Å²) in [5.41, 5.74) is 0. The molecule has 0 aliphatic heterocycles. The number of rotatable bonds is 7. The van der Waals surface area contributed by atoms with Crippen LogP contribution in [-0.4, -0.2) is 45.0 Å². The van der Waals surface area contributed by atoms with Gasteiger partial charge in [-0.1, -0.05) is 36.4 Å². The normalized spacial score (nSPS) is 10.9. The van der Waals surface area contributed by atoms with E-state index in [-0.39, 0.29) is 5.28 Å². The number of unbranched alkanes of at least 4 members (excludes halogenated alkanes) is 1. The van der Waals surface area contributed by atoms with Gasteiger partial charge in [0, 0.05) is 19.8 Å². The van der Waals surface area contributed by atoms with Crippen molar-refractivity contribution in [2.75, 3.05) is 24.7 Å². The Morgan fingerprint density at radius 3 is 2.62 bits per heavy atom. The largest absolute Gasteiger partial charge is 0.347 e. The highest BCUT2D eigenvalue weighted by molar-refractivity contribution is 8.03. The number of hydrogen-bond donors (Lipinski definition) is 0. The first kappa shape index (κ1) is 16.7. The van der Waals surface area contributed by atoms with Gasteiger partial charge in [0.15, 0.2) is 8.68 Å². The highest BCUT2D eigenvalue weighted by Crippen LogP contribution is 2.32. The Labute approximate surface area is 141 Å². The monoisotopic (exact) mass is 362 g/mol. The van der Waals surface area contributed by atoms with E-state index in [0.29, 0.717) is 11.1 Å². The maximum absolute atomic E-state index is 5.91. The fraction of sp³-hybridized carbons (Fsp3) is 0.545. The number of halogens is 1. The summed E-state index contributed by atoms with van der Waals surface area (Å²) in [6.07, 6.45) is 2.37. The van der Waals surface area contributed by atoms with Crippen molar-refractivity contribution >= 4 is 52.4 Å². The second-order valence-corrected chi connectivity index (χ2v) is 8.09. The molecule has 0 aliphatic carbocycles. The van der Waals surface area contributed by atoms with Gasteiger partial charge in [0.1, 0.15) is 0 Å². The van der Waals surface area contributed by atoms with Gasteiger partial charge < -0.3 is 4.90 Å². The molecule has 0 N–H and O–H groups in total. The molecule has 2 heterocycles. The van der Waals surface area contributed by atoms with Crippen molar-refractivity contribution in [3.63, 3.8) is 0 Å². The molecule has 0 radical (unpaired) electrons. The van der Waals surface area contributed by atoms with E-state index in [4.69, 9.17) is 11.6 Å². The molecule has 0 amide bonds. The number of aromatic nitrogens is 5. The van der Waals surface area contributed by atoms with Crippen LogP contribution in [0.2, 0.25) is 5.28 Å². The van der Waals surface area contributed by atoms with Gasteiger partial charge in [0.25, 0.3) is 0 Å². The van der Waals surface area contributed by atoms with Crippen LogP contribution in [0.3, 0.4) is 0 Å². The van der Waals surface area contributed by atoms with E-state index in [2.05, 4.69) is 32.1 Å². The minimum Gasteiger partial charge on any atom is -0.347 e. The highest BCUT2D eigenvalue weighted by atomic mass is 35.5. The van der Waals surface area contributed by atoms with Crippen LogP contribution in [-0.2, 0) is 0 Å². The first-order valence-electron chi connectivity index (χ1n) is 6.31. The van der Waals surface area contributed by atoms with E-state index < -0.39 is 0 Å². The average molecular weight is 363 g/mol. The van der Waals surface area contributed by atoms with Crippen molar-refractivity contribution in [3.05, 3.63) is 5.28 Å². The van der Waals surface area contributed by atoms with Crippen LogP contribution in [0.4, 0.5) is 5.95 Å². The van der Waals surface area contributed by atoms with Crippen molar-refractivity contribution in [2.45, 2.75) is 33.6 Å². The molecule has 2 rings (SSSR count). The molecule has 6 nitrogen and oxygen atoms in total. The molecule has 0 atom stereocenters. The summed E-state index contributed by atoms with van der Waals surface area (Å²) in [6, 6.07) is 0. The third-order valence-electron chi connectivity index (χ3n) is 2.27. The Morgan fingerprint density at radius 2 is 1.90 bits per heavy atom. The van der Waals surface area contributed by atoms with E-state index in [9.17, 15) is 0 Å². The zero-order valence-electron chi connectivity index (χ0n) is 11.9. The first-order valence-corrected chi connectivity index (χ1v) is 9.31. The summed E-state index contributed by atoms with van der Waals surface area (Å²) in [7, 11) is 3.71. The van der Waals surface area contributed by atoms with Crippen LogP contribution < -0.4 is 4.90 Å². The lowest BCUT2D eigenvalue weighted by Crippen LogP contribution is -2.13. The Balaban J connectivity index is 2.04. The Kier molecular flexibility index (Phi) is 6.46. The molecule has 0 aliphatic rings. The van der Waals surface area contributed by atoms with Gasteiger partial charge in [0.05, 0.1) is 0 Å². The van der Waals surface area contributed by atoms with Crippen LogP contribution in [0, 0.1) is 0 Å². The van der Waals surface area contributed by atoms with Crippen LogP contribution in [0.15, 0.2) is 13.8 Å². The summed E-state index contributed by atoms with van der Waals surface area (Å²) < 4.78 is 1.78. The van der Waals surface area contributed by atoms with E-state index in [1.165, 1.54) is 24.6 Å². The van der Waals surface area contributed by atoms with Crippen molar-refractivity contribution in [3.8, 4) is 0 Å². The highest BCUT2D eigenvalue weighted by Gasteiger charge is 2.12. The number of hydrogen-bond acceptors (Lipinski definition) is 9. The summed E-state index contributed by atoms with van der Waals surface area (Å²) in [4.78, 5) is 14.3. The zero-order valence-corrected chi connectivity index (χ0v) is 15.1. The molecule has 0 saturated carbocycles.